The van der Waals surface area contributed by atoms with E-state index in [-0.39, 0.29) is 0 Å². The summed E-state index contributed by atoms with van der Waals surface area (Å²) < 4.78 is 7.07. The second-order valence-electron chi connectivity index (χ2n) is 5.20. The fraction of sp³-hybridized carbons (Fsp3) is 0.438. The van der Waals surface area contributed by atoms with Crippen LogP contribution in [0.4, 0.5) is 0 Å². The molecule has 2 rings (SSSR count). The molecule has 1 N–H and O–H groups in total. The third-order valence-electron chi connectivity index (χ3n) is 3.17. The first kappa shape index (κ1) is 14.6. The van der Waals surface area contributed by atoms with E-state index in [1.54, 1.807) is 7.11 Å². The largest absolute Gasteiger partial charge is 0.497 e. The maximum Gasteiger partial charge on any atom is 0.119 e. The van der Waals surface area contributed by atoms with Gasteiger partial charge in [-0.1, -0.05) is 13.8 Å². The van der Waals surface area contributed by atoms with Crippen molar-refractivity contribution in [3.63, 3.8) is 0 Å². The van der Waals surface area contributed by atoms with Crippen molar-refractivity contribution in [2.24, 2.45) is 0 Å². The van der Waals surface area contributed by atoms with Gasteiger partial charge in [-0.15, -0.1) is 0 Å². The molecule has 0 unspecified atom stereocenters. The molecule has 0 fully saturated rings. The summed E-state index contributed by atoms with van der Waals surface area (Å²) in [6, 6.07) is 8.47. The predicted octanol–water partition coefficient (Wildman–Crippen LogP) is 2.81. The topological polar surface area (TPSA) is 39.1 Å². The Morgan fingerprint density at radius 1 is 1.25 bits per heavy atom. The lowest BCUT2D eigenvalue weighted by atomic mass is 10.2. The molecule has 2 aromatic rings. The van der Waals surface area contributed by atoms with Crippen LogP contribution in [0, 0.1) is 0 Å². The second-order valence-corrected chi connectivity index (χ2v) is 5.20. The molecule has 108 valence electrons. The quantitative estimate of drug-likeness (QED) is 0.788. The molecule has 0 atom stereocenters. The number of hydrogen-bond donors (Lipinski definition) is 1. The Labute approximate surface area is 120 Å². The summed E-state index contributed by atoms with van der Waals surface area (Å²) in [7, 11) is 1.67. The summed E-state index contributed by atoms with van der Waals surface area (Å²) >= 11 is 0. The van der Waals surface area contributed by atoms with Crippen LogP contribution in [0.2, 0.25) is 0 Å². The van der Waals surface area contributed by atoms with E-state index in [0.717, 1.165) is 30.8 Å². The lowest BCUT2D eigenvalue weighted by Gasteiger charge is -2.06. The normalized spacial score (nSPS) is 11.0. The van der Waals surface area contributed by atoms with Gasteiger partial charge in [0.2, 0.25) is 0 Å². The summed E-state index contributed by atoms with van der Waals surface area (Å²) in [5.41, 5.74) is 2.32. The van der Waals surface area contributed by atoms with Crippen molar-refractivity contribution in [3.8, 4) is 11.4 Å². The average Bonchev–Trinajstić information content (AvgIpc) is 2.92. The van der Waals surface area contributed by atoms with Crippen LogP contribution in [0.5, 0.6) is 5.75 Å². The molecule has 0 spiro atoms. The molecular weight excluding hydrogens is 250 g/mol. The molecule has 20 heavy (non-hydrogen) atoms. The minimum atomic E-state index is 0.553. The zero-order chi connectivity index (χ0) is 14.4. The highest BCUT2D eigenvalue weighted by Gasteiger charge is 2.02. The van der Waals surface area contributed by atoms with Crippen LogP contribution >= 0.6 is 0 Å². The third kappa shape index (κ3) is 4.10. The number of nitrogens with zero attached hydrogens (tertiary/aromatic N) is 2. The first-order chi connectivity index (χ1) is 9.69. The molecule has 0 radical (unpaired) electrons. The van der Waals surface area contributed by atoms with Crippen molar-refractivity contribution in [1.82, 2.24) is 15.1 Å². The Kier molecular flexibility index (Phi) is 5.18. The summed E-state index contributed by atoms with van der Waals surface area (Å²) in [6.07, 6.45) is 6.22. The summed E-state index contributed by atoms with van der Waals surface area (Å²) in [6.45, 7) is 5.38. The van der Waals surface area contributed by atoms with Gasteiger partial charge in [0.05, 0.1) is 19.0 Å². The lowest BCUT2D eigenvalue weighted by Crippen LogP contribution is -2.23. The molecule has 4 heteroatoms. The molecule has 0 bridgehead atoms. The molecule has 1 aromatic carbocycles. The van der Waals surface area contributed by atoms with Crippen LogP contribution in [0.15, 0.2) is 36.7 Å². The number of hydrogen-bond acceptors (Lipinski definition) is 3. The van der Waals surface area contributed by atoms with Crippen molar-refractivity contribution in [1.29, 1.82) is 0 Å². The van der Waals surface area contributed by atoms with Crippen LogP contribution in [0.1, 0.15) is 25.8 Å². The minimum absolute atomic E-state index is 0.553. The molecule has 0 saturated heterocycles. The molecule has 4 nitrogen and oxygen atoms in total. The molecular formula is C16H23N3O. The molecule has 0 aliphatic rings. The Morgan fingerprint density at radius 3 is 2.65 bits per heavy atom. The lowest BCUT2D eigenvalue weighted by molar-refractivity contribution is 0.414. The zero-order valence-corrected chi connectivity index (χ0v) is 12.5. The van der Waals surface area contributed by atoms with E-state index in [4.69, 9.17) is 4.74 Å². The van der Waals surface area contributed by atoms with Gasteiger partial charge in [-0.3, -0.25) is 0 Å². The predicted molar refractivity (Wildman–Crippen MR) is 81.6 cm³/mol. The van der Waals surface area contributed by atoms with Gasteiger partial charge in [0.15, 0.2) is 0 Å². The van der Waals surface area contributed by atoms with Crippen molar-refractivity contribution in [3.05, 3.63) is 42.2 Å². The number of aryl methyl sites for hydroxylation is 1. The van der Waals surface area contributed by atoms with Gasteiger partial charge >= 0.3 is 0 Å². The summed E-state index contributed by atoms with van der Waals surface area (Å²) in [5.74, 6) is 0.862. The number of methoxy groups -OCH3 is 1. The second kappa shape index (κ2) is 7.10. The first-order valence-corrected chi connectivity index (χ1v) is 7.10. The highest BCUT2D eigenvalue weighted by molar-refractivity contribution is 5.37. The maximum absolute atomic E-state index is 5.16. The number of rotatable bonds is 7. The number of benzene rings is 1. The SMILES string of the molecule is COc1ccc(-n2cc(CCCNC(C)C)cn2)cc1. The molecule has 0 aliphatic heterocycles. The van der Waals surface area contributed by atoms with E-state index in [9.17, 15) is 0 Å². The molecule has 1 aromatic heterocycles. The highest BCUT2D eigenvalue weighted by atomic mass is 16.5. The van der Waals surface area contributed by atoms with Crippen LogP contribution < -0.4 is 10.1 Å². The molecule has 0 aliphatic carbocycles. The summed E-state index contributed by atoms with van der Waals surface area (Å²) in [5, 5.41) is 7.84. The van der Waals surface area contributed by atoms with Gasteiger partial charge < -0.3 is 10.1 Å². The van der Waals surface area contributed by atoms with Crippen molar-refractivity contribution >= 4 is 0 Å². The Bertz CT molecular complexity index is 517. The van der Waals surface area contributed by atoms with Crippen LogP contribution in [-0.4, -0.2) is 29.5 Å². The van der Waals surface area contributed by atoms with E-state index in [1.807, 2.05) is 35.1 Å². The first-order valence-electron chi connectivity index (χ1n) is 7.10. The van der Waals surface area contributed by atoms with E-state index in [1.165, 1.54) is 5.56 Å². The summed E-state index contributed by atoms with van der Waals surface area (Å²) in [4.78, 5) is 0. The van der Waals surface area contributed by atoms with Gasteiger partial charge in [-0.05, 0) is 49.2 Å². The smallest absolute Gasteiger partial charge is 0.119 e. The fourth-order valence-corrected chi connectivity index (χ4v) is 2.05. The Morgan fingerprint density at radius 2 is 2.00 bits per heavy atom. The van der Waals surface area contributed by atoms with Crippen LogP contribution in [0.3, 0.4) is 0 Å². The fourth-order valence-electron chi connectivity index (χ4n) is 2.05. The molecule has 1 heterocycles. The van der Waals surface area contributed by atoms with E-state index >= 15 is 0 Å². The van der Waals surface area contributed by atoms with E-state index in [2.05, 4.69) is 30.5 Å². The van der Waals surface area contributed by atoms with Crippen molar-refractivity contribution < 1.29 is 4.74 Å². The highest BCUT2D eigenvalue weighted by Crippen LogP contribution is 2.15. The van der Waals surface area contributed by atoms with Gasteiger partial charge in [-0.25, -0.2) is 4.68 Å². The Hall–Kier alpha value is -1.81. The van der Waals surface area contributed by atoms with Crippen LogP contribution in [-0.2, 0) is 6.42 Å². The minimum Gasteiger partial charge on any atom is -0.497 e. The average molecular weight is 273 g/mol. The standard InChI is InChI=1S/C16H23N3O/c1-13(2)17-10-4-5-14-11-18-19(12-14)15-6-8-16(20-3)9-7-15/h6-9,11-13,17H,4-5,10H2,1-3H3. The van der Waals surface area contributed by atoms with Gasteiger partial charge in [0.25, 0.3) is 0 Å². The van der Waals surface area contributed by atoms with Gasteiger partial charge in [0.1, 0.15) is 5.75 Å². The number of nitrogens with one attached hydrogen (secondary N) is 1. The number of aromatic nitrogens is 2. The van der Waals surface area contributed by atoms with Crippen molar-refractivity contribution in [2.45, 2.75) is 32.7 Å². The van der Waals surface area contributed by atoms with Crippen molar-refractivity contribution in [2.75, 3.05) is 13.7 Å². The Balaban J connectivity index is 1.90. The van der Waals surface area contributed by atoms with Gasteiger partial charge in [0, 0.05) is 12.2 Å². The van der Waals surface area contributed by atoms with Crippen LogP contribution in [0.25, 0.3) is 5.69 Å². The molecule has 0 amide bonds. The van der Waals surface area contributed by atoms with Gasteiger partial charge in [-0.2, -0.15) is 5.10 Å². The molecule has 0 saturated carbocycles. The monoisotopic (exact) mass is 273 g/mol. The number of ether oxygens (including phenoxy) is 1. The zero-order valence-electron chi connectivity index (χ0n) is 12.5. The maximum atomic E-state index is 5.16. The van der Waals surface area contributed by atoms with E-state index < -0.39 is 0 Å². The van der Waals surface area contributed by atoms with E-state index in [0.29, 0.717) is 6.04 Å². The third-order valence-corrected chi connectivity index (χ3v) is 3.17.